The highest BCUT2D eigenvalue weighted by molar-refractivity contribution is 7.80. The summed E-state index contributed by atoms with van der Waals surface area (Å²) in [4.78, 5) is 13.9. The van der Waals surface area contributed by atoms with Crippen molar-refractivity contribution in [2.75, 3.05) is 41.9 Å². The quantitative estimate of drug-likeness (QED) is 0.655. The van der Waals surface area contributed by atoms with E-state index in [4.69, 9.17) is 21.9 Å². The molecule has 8 heteroatoms. The van der Waals surface area contributed by atoms with Crippen LogP contribution in [0.15, 0.2) is 30.3 Å². The molecule has 3 heterocycles. The normalized spacial score (nSPS) is 18.7. The lowest BCUT2D eigenvalue weighted by Gasteiger charge is -2.34. The molecule has 7 nitrogen and oxygen atoms in total. The highest BCUT2D eigenvalue weighted by Crippen LogP contribution is 2.26. The predicted octanol–water partition coefficient (Wildman–Crippen LogP) is 3.95. The van der Waals surface area contributed by atoms with E-state index in [1.165, 1.54) is 43.4 Å². The average molecular weight is 441 g/mol. The van der Waals surface area contributed by atoms with Gasteiger partial charge in [-0.25, -0.2) is 0 Å². The monoisotopic (exact) mass is 440 g/mol. The third-order valence-corrected chi connectivity index (χ3v) is 6.33. The number of methoxy groups -OCH3 is 1. The van der Waals surface area contributed by atoms with Crippen molar-refractivity contribution >= 4 is 34.8 Å². The molecule has 2 aliphatic heterocycles. The van der Waals surface area contributed by atoms with E-state index in [9.17, 15) is 0 Å². The molecule has 0 radical (unpaired) electrons. The molecule has 4 rings (SSSR count). The van der Waals surface area contributed by atoms with Crippen LogP contribution in [0.1, 0.15) is 44.6 Å². The first-order valence-electron chi connectivity index (χ1n) is 11.2. The van der Waals surface area contributed by atoms with Gasteiger partial charge < -0.3 is 25.2 Å². The minimum atomic E-state index is 0.453. The van der Waals surface area contributed by atoms with Gasteiger partial charge in [0.1, 0.15) is 5.82 Å². The lowest BCUT2D eigenvalue weighted by Crippen LogP contribution is -2.38. The van der Waals surface area contributed by atoms with E-state index < -0.39 is 0 Å². The van der Waals surface area contributed by atoms with Gasteiger partial charge in [-0.15, -0.1) is 0 Å². The fraction of sp³-hybridized carbons (Fsp3) is 0.522. The van der Waals surface area contributed by atoms with E-state index in [1.54, 1.807) is 7.11 Å². The van der Waals surface area contributed by atoms with Crippen molar-refractivity contribution in [3.05, 3.63) is 35.9 Å². The van der Waals surface area contributed by atoms with E-state index in [0.717, 1.165) is 25.5 Å². The first-order chi connectivity index (χ1) is 15.1. The number of thiocarbonyl (C=S) groups is 1. The maximum atomic E-state index is 5.49. The highest BCUT2D eigenvalue weighted by Gasteiger charge is 2.21. The first-order valence-corrected chi connectivity index (χ1v) is 11.6. The van der Waals surface area contributed by atoms with E-state index in [0.29, 0.717) is 29.5 Å². The molecule has 1 aromatic heterocycles. The Balaban J connectivity index is 1.36. The summed E-state index contributed by atoms with van der Waals surface area (Å²) in [6, 6.07) is 11.0. The Kier molecular flexibility index (Phi) is 7.06. The molecule has 1 aromatic carbocycles. The van der Waals surface area contributed by atoms with Gasteiger partial charge in [-0.05, 0) is 68.9 Å². The Morgan fingerprint density at radius 2 is 1.84 bits per heavy atom. The standard InChI is InChI=1S/C23H32N6OS/c1-17-7-3-4-14-29(17)20-15-21(30-2)26-22(25-20)27-23(31)24-16-18-8-10-19(11-9-18)28-12-5-6-13-28/h8-11,15,17H,3-7,12-14,16H2,1-2H3,(H2,24,25,26,27,31). The molecule has 2 fully saturated rings. The molecule has 1 atom stereocenters. The van der Waals surface area contributed by atoms with Crippen LogP contribution in [0, 0.1) is 0 Å². The number of piperidine rings is 1. The summed E-state index contributed by atoms with van der Waals surface area (Å²) in [6.07, 6.45) is 6.18. The molecule has 0 amide bonds. The molecule has 31 heavy (non-hydrogen) atoms. The third kappa shape index (κ3) is 5.55. The molecule has 2 aliphatic rings. The van der Waals surface area contributed by atoms with Crippen LogP contribution in [0.3, 0.4) is 0 Å². The van der Waals surface area contributed by atoms with Gasteiger partial charge in [0, 0.05) is 44.0 Å². The second kappa shape index (κ2) is 10.1. The van der Waals surface area contributed by atoms with E-state index >= 15 is 0 Å². The lowest BCUT2D eigenvalue weighted by molar-refractivity contribution is 0.396. The molecule has 166 valence electrons. The summed E-state index contributed by atoms with van der Waals surface area (Å²) in [7, 11) is 1.62. The molecule has 0 spiro atoms. The number of aromatic nitrogens is 2. The smallest absolute Gasteiger partial charge is 0.234 e. The third-order valence-electron chi connectivity index (χ3n) is 6.08. The van der Waals surface area contributed by atoms with Crippen molar-refractivity contribution in [1.82, 2.24) is 15.3 Å². The molecule has 0 saturated carbocycles. The number of nitrogens with zero attached hydrogens (tertiary/aromatic N) is 4. The van der Waals surface area contributed by atoms with Crippen LogP contribution in [0.2, 0.25) is 0 Å². The summed E-state index contributed by atoms with van der Waals surface area (Å²) in [5.74, 6) is 1.86. The molecule has 2 saturated heterocycles. The Hall–Kier alpha value is -2.61. The number of benzene rings is 1. The van der Waals surface area contributed by atoms with E-state index in [2.05, 4.69) is 56.6 Å². The van der Waals surface area contributed by atoms with Crippen molar-refractivity contribution in [3.63, 3.8) is 0 Å². The Morgan fingerprint density at radius 3 is 2.55 bits per heavy atom. The fourth-order valence-electron chi connectivity index (χ4n) is 4.29. The lowest BCUT2D eigenvalue weighted by atomic mass is 10.0. The summed E-state index contributed by atoms with van der Waals surface area (Å²) < 4.78 is 5.40. The number of hydrogen-bond acceptors (Lipinski definition) is 6. The van der Waals surface area contributed by atoms with Crippen LogP contribution in [0.25, 0.3) is 0 Å². The van der Waals surface area contributed by atoms with Crippen molar-refractivity contribution in [2.45, 2.75) is 51.6 Å². The fourth-order valence-corrected chi connectivity index (χ4v) is 4.45. The minimum Gasteiger partial charge on any atom is -0.481 e. The van der Waals surface area contributed by atoms with Crippen LogP contribution in [0.4, 0.5) is 17.5 Å². The topological polar surface area (TPSA) is 65.6 Å². The van der Waals surface area contributed by atoms with E-state index in [1.807, 2.05) is 6.07 Å². The molecule has 2 N–H and O–H groups in total. The van der Waals surface area contributed by atoms with Crippen molar-refractivity contribution in [3.8, 4) is 5.88 Å². The number of anilines is 3. The van der Waals surface area contributed by atoms with Gasteiger partial charge in [0.2, 0.25) is 11.8 Å². The summed E-state index contributed by atoms with van der Waals surface area (Å²) in [6.45, 7) is 6.19. The number of hydrogen-bond donors (Lipinski definition) is 2. The molecular weight excluding hydrogens is 408 g/mol. The van der Waals surface area contributed by atoms with Gasteiger partial charge in [0.05, 0.1) is 7.11 Å². The zero-order chi connectivity index (χ0) is 21.6. The maximum absolute atomic E-state index is 5.49. The van der Waals surface area contributed by atoms with Crippen molar-refractivity contribution in [1.29, 1.82) is 0 Å². The average Bonchev–Trinajstić information content (AvgIpc) is 3.33. The van der Waals surface area contributed by atoms with Crippen LogP contribution >= 0.6 is 12.2 Å². The van der Waals surface area contributed by atoms with Gasteiger partial charge in [-0.2, -0.15) is 9.97 Å². The van der Waals surface area contributed by atoms with Crippen LogP contribution < -0.4 is 25.2 Å². The van der Waals surface area contributed by atoms with Crippen molar-refractivity contribution in [2.24, 2.45) is 0 Å². The van der Waals surface area contributed by atoms with Gasteiger partial charge in [-0.3, -0.25) is 0 Å². The Morgan fingerprint density at radius 1 is 1.10 bits per heavy atom. The predicted molar refractivity (Wildman–Crippen MR) is 130 cm³/mol. The number of rotatable bonds is 6. The van der Waals surface area contributed by atoms with Gasteiger partial charge in [0.15, 0.2) is 5.11 Å². The van der Waals surface area contributed by atoms with Gasteiger partial charge in [-0.1, -0.05) is 12.1 Å². The largest absolute Gasteiger partial charge is 0.481 e. The first kappa shape index (κ1) is 21.6. The molecule has 2 aromatic rings. The van der Waals surface area contributed by atoms with Gasteiger partial charge in [0.25, 0.3) is 0 Å². The van der Waals surface area contributed by atoms with Gasteiger partial charge >= 0.3 is 0 Å². The SMILES string of the molecule is COc1cc(N2CCCCC2C)nc(NC(=S)NCc2ccc(N3CCCC3)cc2)n1. The van der Waals surface area contributed by atoms with Crippen LogP contribution in [-0.2, 0) is 6.54 Å². The second-order valence-electron chi connectivity index (χ2n) is 8.30. The maximum Gasteiger partial charge on any atom is 0.234 e. The zero-order valence-electron chi connectivity index (χ0n) is 18.4. The molecule has 1 unspecified atom stereocenters. The minimum absolute atomic E-state index is 0.453. The number of nitrogens with one attached hydrogen (secondary N) is 2. The van der Waals surface area contributed by atoms with Crippen molar-refractivity contribution < 1.29 is 4.74 Å². The molecule has 0 aliphatic carbocycles. The van der Waals surface area contributed by atoms with E-state index in [-0.39, 0.29) is 0 Å². The van der Waals surface area contributed by atoms with Crippen LogP contribution in [0.5, 0.6) is 5.88 Å². The van der Waals surface area contributed by atoms with Crippen LogP contribution in [-0.4, -0.2) is 47.9 Å². The molecule has 0 bridgehead atoms. The second-order valence-corrected chi connectivity index (χ2v) is 8.71. The summed E-state index contributed by atoms with van der Waals surface area (Å²) in [5, 5.41) is 6.87. The summed E-state index contributed by atoms with van der Waals surface area (Å²) in [5.41, 5.74) is 2.48. The molecular formula is C23H32N6OS. The highest BCUT2D eigenvalue weighted by atomic mass is 32.1. The summed E-state index contributed by atoms with van der Waals surface area (Å²) >= 11 is 5.49. The zero-order valence-corrected chi connectivity index (χ0v) is 19.2. The Labute approximate surface area is 190 Å². The Bertz CT molecular complexity index is 884. The number of ether oxygens (including phenoxy) is 1.